The smallest absolute Gasteiger partial charge is 0.257 e. The van der Waals surface area contributed by atoms with E-state index in [4.69, 9.17) is 9.47 Å². The molecule has 3 heterocycles. The van der Waals surface area contributed by atoms with Gasteiger partial charge in [0.1, 0.15) is 11.0 Å². The minimum atomic E-state index is -0.386. The molecule has 9 nitrogen and oxygen atoms in total. The number of hydrogen-bond donors (Lipinski definition) is 2. The summed E-state index contributed by atoms with van der Waals surface area (Å²) in [5, 5.41) is 6.34. The molecule has 4 aromatic rings. The lowest BCUT2D eigenvalue weighted by atomic mass is 9.90. The van der Waals surface area contributed by atoms with Crippen LogP contribution in [0.1, 0.15) is 39.7 Å². The van der Waals surface area contributed by atoms with Gasteiger partial charge in [0.25, 0.3) is 5.91 Å². The van der Waals surface area contributed by atoms with Crippen molar-refractivity contribution in [3.8, 4) is 11.5 Å². The first-order valence-electron chi connectivity index (χ1n) is 10.4. The second-order valence-electron chi connectivity index (χ2n) is 7.72. The molecule has 0 radical (unpaired) electrons. The van der Waals surface area contributed by atoms with Gasteiger partial charge in [-0.05, 0) is 49.6 Å². The Morgan fingerprint density at radius 1 is 1.06 bits per heavy atom. The van der Waals surface area contributed by atoms with E-state index in [2.05, 4.69) is 24.4 Å². The number of thiazole rings is 1. The number of hydrogen-bond acceptors (Lipinski definition) is 9. The van der Waals surface area contributed by atoms with Crippen LogP contribution >= 0.6 is 23.1 Å². The van der Waals surface area contributed by atoms with E-state index in [1.807, 2.05) is 18.2 Å². The molecule has 2 aliphatic rings. The summed E-state index contributed by atoms with van der Waals surface area (Å²) in [5.74, 6) is 0.360. The van der Waals surface area contributed by atoms with Crippen LogP contribution in [0.4, 0.5) is 10.8 Å². The monoisotopic (exact) mass is 479 g/mol. The van der Waals surface area contributed by atoms with Gasteiger partial charge in [-0.1, -0.05) is 6.07 Å². The molecule has 2 aromatic heterocycles. The SMILES string of the molecule is O=C(Nc1nc2c(s1)CCCC2C(=O)Nc1cccc2nsnc12)c1ccc2c(c1)OCO2. The van der Waals surface area contributed by atoms with Crippen molar-refractivity contribution in [1.29, 1.82) is 0 Å². The van der Waals surface area contributed by atoms with Crippen LogP contribution in [0.25, 0.3) is 11.0 Å². The zero-order valence-corrected chi connectivity index (χ0v) is 18.8. The van der Waals surface area contributed by atoms with E-state index in [1.54, 1.807) is 18.2 Å². The maximum Gasteiger partial charge on any atom is 0.257 e. The van der Waals surface area contributed by atoms with Crippen LogP contribution in [-0.2, 0) is 11.2 Å². The van der Waals surface area contributed by atoms with Crippen molar-refractivity contribution in [2.75, 3.05) is 17.4 Å². The Balaban J connectivity index is 1.21. The maximum absolute atomic E-state index is 13.2. The average Bonchev–Trinajstić information content (AvgIpc) is 3.57. The van der Waals surface area contributed by atoms with Gasteiger partial charge < -0.3 is 14.8 Å². The van der Waals surface area contributed by atoms with E-state index >= 15 is 0 Å². The molecule has 6 rings (SSSR count). The van der Waals surface area contributed by atoms with Gasteiger partial charge in [0.15, 0.2) is 16.6 Å². The van der Waals surface area contributed by atoms with Crippen LogP contribution in [0.5, 0.6) is 11.5 Å². The zero-order valence-electron chi connectivity index (χ0n) is 17.2. The summed E-state index contributed by atoms with van der Waals surface area (Å²) < 4.78 is 19.2. The van der Waals surface area contributed by atoms with Crippen LogP contribution in [0.15, 0.2) is 36.4 Å². The molecule has 0 fully saturated rings. The van der Waals surface area contributed by atoms with E-state index in [0.717, 1.165) is 40.7 Å². The number of carbonyl (C=O) groups is 2. The van der Waals surface area contributed by atoms with Crippen molar-refractivity contribution in [2.45, 2.75) is 25.2 Å². The number of nitrogens with zero attached hydrogens (tertiary/aromatic N) is 3. The lowest BCUT2D eigenvalue weighted by molar-refractivity contribution is -0.117. The largest absolute Gasteiger partial charge is 0.454 e. The highest BCUT2D eigenvalue weighted by Crippen LogP contribution is 2.38. The molecule has 0 saturated heterocycles. The third kappa shape index (κ3) is 3.68. The third-order valence-corrected chi connectivity index (χ3v) is 7.26. The number of rotatable bonds is 4. The van der Waals surface area contributed by atoms with E-state index in [-0.39, 0.29) is 24.5 Å². The predicted molar refractivity (Wildman–Crippen MR) is 124 cm³/mol. The first-order chi connectivity index (χ1) is 16.2. The number of aromatic nitrogens is 3. The molecule has 33 heavy (non-hydrogen) atoms. The molecule has 0 spiro atoms. The van der Waals surface area contributed by atoms with Gasteiger partial charge in [0.05, 0.1) is 29.0 Å². The Bertz CT molecular complexity index is 1400. The molecule has 1 aliphatic carbocycles. The molecule has 2 amide bonds. The van der Waals surface area contributed by atoms with Gasteiger partial charge in [0.2, 0.25) is 12.7 Å². The first kappa shape index (κ1) is 20.1. The fourth-order valence-corrected chi connectivity index (χ4v) is 5.67. The van der Waals surface area contributed by atoms with Crippen LogP contribution in [0.3, 0.4) is 0 Å². The molecule has 1 aliphatic heterocycles. The highest BCUT2D eigenvalue weighted by atomic mass is 32.1. The van der Waals surface area contributed by atoms with Crippen molar-refractivity contribution in [2.24, 2.45) is 0 Å². The molecule has 11 heteroatoms. The lowest BCUT2D eigenvalue weighted by Gasteiger charge is -2.20. The molecule has 166 valence electrons. The normalized spacial score (nSPS) is 16.4. The first-order valence-corrected chi connectivity index (χ1v) is 11.9. The Hall–Kier alpha value is -3.57. The van der Waals surface area contributed by atoms with Crippen LogP contribution in [0.2, 0.25) is 0 Å². The molecular formula is C22H17N5O4S2. The third-order valence-electron chi connectivity index (χ3n) is 5.67. The Morgan fingerprint density at radius 2 is 1.97 bits per heavy atom. The quantitative estimate of drug-likeness (QED) is 0.451. The van der Waals surface area contributed by atoms with Gasteiger partial charge in [-0.15, -0.1) is 11.3 Å². The Kier molecular flexibility index (Phi) is 4.92. The lowest BCUT2D eigenvalue weighted by Crippen LogP contribution is -2.24. The number of fused-ring (bicyclic) bond motifs is 3. The van der Waals surface area contributed by atoms with Gasteiger partial charge in [-0.25, -0.2) is 4.98 Å². The Labute approximate surface area is 196 Å². The summed E-state index contributed by atoms with van der Waals surface area (Å²) in [7, 11) is 0. The number of ether oxygens (including phenoxy) is 2. The van der Waals surface area contributed by atoms with Crippen molar-refractivity contribution in [3.05, 3.63) is 52.5 Å². The average molecular weight is 480 g/mol. The van der Waals surface area contributed by atoms with Gasteiger partial charge in [-0.3, -0.25) is 14.9 Å². The zero-order chi connectivity index (χ0) is 22.4. The summed E-state index contributed by atoms with van der Waals surface area (Å²) >= 11 is 2.53. The number of amides is 2. The van der Waals surface area contributed by atoms with Gasteiger partial charge in [-0.2, -0.15) is 8.75 Å². The molecule has 1 unspecified atom stereocenters. The molecular weight excluding hydrogens is 462 g/mol. The van der Waals surface area contributed by atoms with Crippen molar-refractivity contribution in [3.63, 3.8) is 0 Å². The van der Waals surface area contributed by atoms with E-state index < -0.39 is 0 Å². The molecule has 1 atom stereocenters. The standard InChI is InChI=1S/C22H17N5O4S2/c28-20(11-7-8-15-16(9-11)31-10-30-15)25-22-24-18-12(3-1-6-17(18)32-22)21(29)23-13-4-2-5-14-19(13)27-33-26-14/h2,4-5,7-9,12H,1,3,6,10H2,(H,23,29)(H,24,25,28). The van der Waals surface area contributed by atoms with Crippen molar-refractivity contribution >= 4 is 56.7 Å². The predicted octanol–water partition coefficient (Wildman–Crippen LogP) is 4.19. The number of carbonyl (C=O) groups excluding carboxylic acids is 2. The summed E-state index contributed by atoms with van der Waals surface area (Å²) in [5.41, 5.74) is 3.26. The van der Waals surface area contributed by atoms with Crippen LogP contribution in [-0.4, -0.2) is 32.3 Å². The number of nitrogens with one attached hydrogen (secondary N) is 2. The minimum absolute atomic E-state index is 0.129. The Morgan fingerprint density at radius 3 is 2.91 bits per heavy atom. The summed E-state index contributed by atoms with van der Waals surface area (Å²) in [4.78, 5) is 31.6. The van der Waals surface area contributed by atoms with E-state index in [9.17, 15) is 9.59 Å². The summed E-state index contributed by atoms with van der Waals surface area (Å²) in [6.07, 6.45) is 2.41. The van der Waals surface area contributed by atoms with Crippen molar-refractivity contribution in [1.82, 2.24) is 13.7 Å². The minimum Gasteiger partial charge on any atom is -0.454 e. The fourth-order valence-electron chi connectivity index (χ4n) is 4.06. The van der Waals surface area contributed by atoms with Gasteiger partial charge in [0, 0.05) is 10.4 Å². The van der Waals surface area contributed by atoms with Crippen LogP contribution < -0.4 is 20.1 Å². The molecule has 0 bridgehead atoms. The molecule has 2 aromatic carbocycles. The maximum atomic E-state index is 13.2. The van der Waals surface area contributed by atoms with E-state index in [0.29, 0.717) is 39.8 Å². The number of benzene rings is 2. The second-order valence-corrected chi connectivity index (χ2v) is 9.33. The summed E-state index contributed by atoms with van der Waals surface area (Å²) in [6, 6.07) is 10.6. The molecule has 2 N–H and O–H groups in total. The molecule has 0 saturated carbocycles. The number of anilines is 2. The van der Waals surface area contributed by atoms with Crippen molar-refractivity contribution < 1.29 is 19.1 Å². The summed E-state index contributed by atoms with van der Waals surface area (Å²) in [6.45, 7) is 0.149. The van der Waals surface area contributed by atoms with Gasteiger partial charge >= 0.3 is 0 Å². The fraction of sp³-hybridized carbons (Fsp3) is 0.227. The highest BCUT2D eigenvalue weighted by Gasteiger charge is 2.31. The van der Waals surface area contributed by atoms with Crippen LogP contribution in [0, 0.1) is 0 Å². The number of aryl methyl sites for hydroxylation is 1. The topological polar surface area (TPSA) is 115 Å². The van der Waals surface area contributed by atoms with E-state index in [1.165, 1.54) is 11.3 Å². The highest BCUT2D eigenvalue weighted by molar-refractivity contribution is 7.16. The second kappa shape index (κ2) is 8.09.